The second-order valence-electron chi connectivity index (χ2n) is 4.24. The van der Waals surface area contributed by atoms with Crippen molar-refractivity contribution in [2.75, 3.05) is 20.3 Å². The molecule has 0 atom stereocenters. The summed E-state index contributed by atoms with van der Waals surface area (Å²) in [5.74, 6) is 0. The summed E-state index contributed by atoms with van der Waals surface area (Å²) in [5.41, 5.74) is 2.15. The van der Waals surface area contributed by atoms with Crippen molar-refractivity contribution in [1.29, 1.82) is 0 Å². The molecule has 0 aromatic carbocycles. The molecule has 0 aliphatic heterocycles. The third kappa shape index (κ3) is 6.36. The van der Waals surface area contributed by atoms with Crippen molar-refractivity contribution in [1.82, 2.24) is 10.3 Å². The maximum Gasteiger partial charge on any atom is 0.0889 e. The number of rotatable bonds is 8. The zero-order valence-corrected chi connectivity index (χ0v) is 10.9. The van der Waals surface area contributed by atoms with Gasteiger partial charge < -0.3 is 14.8 Å². The average Bonchev–Trinajstić information content (AvgIpc) is 2.33. The number of hydrogen-bond donors (Lipinski definition) is 1. The quantitative estimate of drug-likeness (QED) is 0.701. The number of pyridine rings is 1. The summed E-state index contributed by atoms with van der Waals surface area (Å²) in [6, 6.07) is 4.58. The van der Waals surface area contributed by atoms with Crippen LogP contribution in [-0.2, 0) is 22.6 Å². The molecule has 0 fully saturated rings. The van der Waals surface area contributed by atoms with Gasteiger partial charge in [-0.25, -0.2) is 0 Å². The largest absolute Gasteiger partial charge is 0.382 e. The smallest absolute Gasteiger partial charge is 0.0889 e. The maximum atomic E-state index is 5.40. The predicted octanol–water partition coefficient (Wildman–Crippen LogP) is 1.74. The molecule has 4 heteroatoms. The van der Waals surface area contributed by atoms with Crippen LogP contribution in [0.3, 0.4) is 0 Å². The second-order valence-corrected chi connectivity index (χ2v) is 4.24. The lowest BCUT2D eigenvalue weighted by molar-refractivity contribution is 0.0602. The van der Waals surface area contributed by atoms with Gasteiger partial charge in [-0.1, -0.05) is 19.9 Å². The standard InChI is InChI=1S/C13H22N2O2/c1-11(2)14-8-12-4-5-13(15-9-12)10-17-7-6-16-3/h4-5,9,11,14H,6-8,10H2,1-3H3. The minimum atomic E-state index is 0.493. The van der Waals surface area contributed by atoms with Gasteiger partial charge >= 0.3 is 0 Å². The van der Waals surface area contributed by atoms with Crippen molar-refractivity contribution >= 4 is 0 Å². The Kier molecular flexibility index (Phi) is 6.77. The summed E-state index contributed by atoms with van der Waals surface area (Å²) in [5, 5.41) is 3.35. The molecule has 4 nitrogen and oxygen atoms in total. The SMILES string of the molecule is COCCOCc1ccc(CNC(C)C)cn1. The fraction of sp³-hybridized carbons (Fsp3) is 0.615. The van der Waals surface area contributed by atoms with Crippen LogP contribution in [0.2, 0.25) is 0 Å². The molecular formula is C13H22N2O2. The monoisotopic (exact) mass is 238 g/mol. The molecule has 0 saturated carbocycles. The Morgan fingerprint density at radius 1 is 1.29 bits per heavy atom. The summed E-state index contributed by atoms with van der Waals surface area (Å²) in [7, 11) is 1.66. The Hall–Kier alpha value is -0.970. The Balaban J connectivity index is 2.29. The van der Waals surface area contributed by atoms with Crippen LogP contribution in [0.4, 0.5) is 0 Å². The molecule has 0 unspecified atom stereocenters. The van der Waals surface area contributed by atoms with Crippen molar-refractivity contribution < 1.29 is 9.47 Å². The highest BCUT2D eigenvalue weighted by molar-refractivity contribution is 5.13. The molecule has 0 saturated heterocycles. The Morgan fingerprint density at radius 3 is 2.71 bits per heavy atom. The molecule has 1 rings (SSSR count). The van der Waals surface area contributed by atoms with E-state index in [1.807, 2.05) is 12.3 Å². The van der Waals surface area contributed by atoms with Gasteiger partial charge in [-0.3, -0.25) is 4.98 Å². The summed E-state index contributed by atoms with van der Waals surface area (Å²) < 4.78 is 10.3. The van der Waals surface area contributed by atoms with E-state index in [1.165, 1.54) is 5.56 Å². The van der Waals surface area contributed by atoms with E-state index in [9.17, 15) is 0 Å². The first-order valence-electron chi connectivity index (χ1n) is 5.96. The summed E-state index contributed by atoms with van der Waals surface area (Å²) in [6.07, 6.45) is 1.89. The highest BCUT2D eigenvalue weighted by Crippen LogP contribution is 2.02. The highest BCUT2D eigenvalue weighted by atomic mass is 16.5. The molecule has 1 aromatic heterocycles. The lowest BCUT2D eigenvalue weighted by Crippen LogP contribution is -2.21. The number of methoxy groups -OCH3 is 1. The topological polar surface area (TPSA) is 43.4 Å². The molecular weight excluding hydrogens is 216 g/mol. The van der Waals surface area contributed by atoms with Crippen molar-refractivity contribution in [3.05, 3.63) is 29.6 Å². The van der Waals surface area contributed by atoms with Crippen LogP contribution in [0, 0.1) is 0 Å². The normalized spacial score (nSPS) is 11.1. The maximum absolute atomic E-state index is 5.40. The Morgan fingerprint density at radius 2 is 2.12 bits per heavy atom. The van der Waals surface area contributed by atoms with Crippen LogP contribution in [0.1, 0.15) is 25.1 Å². The molecule has 0 bridgehead atoms. The molecule has 1 heterocycles. The average molecular weight is 238 g/mol. The van der Waals surface area contributed by atoms with Crippen molar-refractivity contribution in [2.24, 2.45) is 0 Å². The van der Waals surface area contributed by atoms with Gasteiger partial charge in [-0.2, -0.15) is 0 Å². The molecule has 96 valence electrons. The predicted molar refractivity (Wildman–Crippen MR) is 67.7 cm³/mol. The van der Waals surface area contributed by atoms with E-state index in [2.05, 4.69) is 30.2 Å². The van der Waals surface area contributed by atoms with E-state index < -0.39 is 0 Å². The van der Waals surface area contributed by atoms with Crippen LogP contribution < -0.4 is 5.32 Å². The molecule has 1 N–H and O–H groups in total. The van der Waals surface area contributed by atoms with Crippen molar-refractivity contribution in [2.45, 2.75) is 33.0 Å². The van der Waals surface area contributed by atoms with Crippen LogP contribution in [0.5, 0.6) is 0 Å². The number of nitrogens with one attached hydrogen (secondary N) is 1. The molecule has 1 aromatic rings. The summed E-state index contributed by atoms with van der Waals surface area (Å²) in [4.78, 5) is 4.35. The van der Waals surface area contributed by atoms with E-state index in [0.717, 1.165) is 12.2 Å². The first kappa shape index (κ1) is 14.1. The van der Waals surface area contributed by atoms with Gasteiger partial charge in [0, 0.05) is 25.9 Å². The van der Waals surface area contributed by atoms with Gasteiger partial charge in [0.15, 0.2) is 0 Å². The second kappa shape index (κ2) is 8.17. The van der Waals surface area contributed by atoms with Crippen molar-refractivity contribution in [3.8, 4) is 0 Å². The fourth-order valence-electron chi connectivity index (χ4n) is 1.29. The van der Waals surface area contributed by atoms with Gasteiger partial charge in [0.05, 0.1) is 25.5 Å². The number of aromatic nitrogens is 1. The van der Waals surface area contributed by atoms with Gasteiger partial charge in [0.1, 0.15) is 0 Å². The molecule has 0 aliphatic carbocycles. The van der Waals surface area contributed by atoms with Gasteiger partial charge in [0.25, 0.3) is 0 Å². The lowest BCUT2D eigenvalue weighted by atomic mass is 10.2. The number of ether oxygens (including phenoxy) is 2. The van der Waals surface area contributed by atoms with E-state index in [4.69, 9.17) is 9.47 Å². The van der Waals surface area contributed by atoms with Crippen LogP contribution >= 0.6 is 0 Å². The zero-order chi connectivity index (χ0) is 12.5. The van der Waals surface area contributed by atoms with Crippen LogP contribution in [0.15, 0.2) is 18.3 Å². The molecule has 0 spiro atoms. The Bertz CT molecular complexity index is 299. The highest BCUT2D eigenvalue weighted by Gasteiger charge is 1.98. The minimum Gasteiger partial charge on any atom is -0.382 e. The first-order chi connectivity index (χ1) is 8.22. The third-order valence-electron chi connectivity index (χ3n) is 2.28. The van der Waals surface area contributed by atoms with E-state index >= 15 is 0 Å². The number of hydrogen-bond acceptors (Lipinski definition) is 4. The first-order valence-corrected chi connectivity index (χ1v) is 5.96. The van der Waals surface area contributed by atoms with Crippen molar-refractivity contribution in [3.63, 3.8) is 0 Å². The Labute approximate surface area is 103 Å². The van der Waals surface area contributed by atoms with Crippen LogP contribution in [-0.4, -0.2) is 31.3 Å². The van der Waals surface area contributed by atoms with E-state index in [0.29, 0.717) is 25.9 Å². The molecule has 17 heavy (non-hydrogen) atoms. The molecule has 0 amide bonds. The number of nitrogens with zero attached hydrogens (tertiary/aromatic N) is 1. The molecule has 0 aliphatic rings. The van der Waals surface area contributed by atoms with Gasteiger partial charge in [0.2, 0.25) is 0 Å². The summed E-state index contributed by atoms with van der Waals surface area (Å²) >= 11 is 0. The van der Waals surface area contributed by atoms with Gasteiger partial charge in [-0.15, -0.1) is 0 Å². The third-order valence-corrected chi connectivity index (χ3v) is 2.28. The van der Waals surface area contributed by atoms with E-state index in [1.54, 1.807) is 7.11 Å². The molecule has 0 radical (unpaired) electrons. The lowest BCUT2D eigenvalue weighted by Gasteiger charge is -2.08. The van der Waals surface area contributed by atoms with Crippen LogP contribution in [0.25, 0.3) is 0 Å². The van der Waals surface area contributed by atoms with Gasteiger partial charge in [-0.05, 0) is 11.6 Å². The minimum absolute atomic E-state index is 0.493. The fourth-order valence-corrected chi connectivity index (χ4v) is 1.29. The van der Waals surface area contributed by atoms with E-state index in [-0.39, 0.29) is 0 Å². The zero-order valence-electron chi connectivity index (χ0n) is 10.9. The summed E-state index contributed by atoms with van der Waals surface area (Å²) in [6.45, 7) is 6.89.